The standard InChI is InChI=1S/C23H35NO4S3Si/c1-15(28-32(7,8)22(2,3)4)17-19(25)24-18(23(29-5,30-6)31-20(17)24)21(26)27-14-16-12-10-9-11-13-16/h9-13,15,17-18,20H,14H2,1-8H3/t15-,17+,18+,20-/m1/s1. The predicted molar refractivity (Wildman–Crippen MR) is 139 cm³/mol. The van der Waals surface area contributed by atoms with Crippen molar-refractivity contribution in [2.45, 2.75) is 73.4 Å². The zero-order chi connectivity index (χ0) is 23.9. The number of amides is 1. The van der Waals surface area contributed by atoms with Crippen molar-refractivity contribution in [3.8, 4) is 0 Å². The second kappa shape index (κ2) is 9.56. The van der Waals surface area contributed by atoms with Crippen LogP contribution in [0.25, 0.3) is 0 Å². The van der Waals surface area contributed by atoms with Crippen LogP contribution < -0.4 is 0 Å². The fraction of sp³-hybridized carbons (Fsp3) is 0.652. The molecule has 2 aliphatic heterocycles. The topological polar surface area (TPSA) is 55.8 Å². The molecule has 3 rings (SSSR count). The number of carbonyl (C=O) groups excluding carboxylic acids is 2. The minimum atomic E-state index is -2.01. The quantitative estimate of drug-likeness (QED) is 0.199. The van der Waals surface area contributed by atoms with Crippen molar-refractivity contribution >= 4 is 55.5 Å². The molecular weight excluding hydrogens is 479 g/mol. The molecule has 0 aliphatic carbocycles. The Morgan fingerprint density at radius 3 is 2.34 bits per heavy atom. The van der Waals surface area contributed by atoms with Gasteiger partial charge in [-0.1, -0.05) is 51.1 Å². The van der Waals surface area contributed by atoms with Gasteiger partial charge in [-0.3, -0.25) is 4.79 Å². The van der Waals surface area contributed by atoms with E-state index in [0.717, 1.165) is 5.56 Å². The van der Waals surface area contributed by atoms with E-state index < -0.39 is 17.8 Å². The smallest absolute Gasteiger partial charge is 0.332 e. The Labute approximate surface area is 206 Å². The Kier molecular flexibility index (Phi) is 7.77. The van der Waals surface area contributed by atoms with Gasteiger partial charge >= 0.3 is 5.97 Å². The van der Waals surface area contributed by atoms with Crippen LogP contribution in [0.4, 0.5) is 0 Å². The molecule has 32 heavy (non-hydrogen) atoms. The average Bonchev–Trinajstić information content (AvgIpc) is 3.02. The van der Waals surface area contributed by atoms with Crippen LogP contribution in [0.2, 0.25) is 18.1 Å². The molecule has 0 unspecified atom stereocenters. The summed E-state index contributed by atoms with van der Waals surface area (Å²) >= 11 is 4.94. The number of hydrogen-bond donors (Lipinski definition) is 0. The van der Waals surface area contributed by atoms with Crippen molar-refractivity contribution < 1.29 is 18.8 Å². The third kappa shape index (κ3) is 4.65. The maximum absolute atomic E-state index is 13.4. The number of β-lactam (4-membered cyclic amide) rings is 1. The number of rotatable bonds is 8. The van der Waals surface area contributed by atoms with E-state index in [2.05, 4.69) is 33.9 Å². The zero-order valence-corrected chi connectivity index (χ0v) is 23.7. The van der Waals surface area contributed by atoms with E-state index >= 15 is 0 Å². The Morgan fingerprint density at radius 1 is 1.22 bits per heavy atom. The molecule has 9 heteroatoms. The van der Waals surface area contributed by atoms with E-state index in [9.17, 15) is 9.59 Å². The van der Waals surface area contributed by atoms with E-state index in [4.69, 9.17) is 9.16 Å². The molecule has 0 aromatic heterocycles. The predicted octanol–water partition coefficient (Wildman–Crippen LogP) is 5.42. The third-order valence-electron chi connectivity index (χ3n) is 6.83. The van der Waals surface area contributed by atoms with Gasteiger partial charge in [0.05, 0.1) is 17.4 Å². The second-order valence-corrected chi connectivity index (χ2v) is 18.9. The van der Waals surface area contributed by atoms with Gasteiger partial charge in [0.2, 0.25) is 5.91 Å². The lowest BCUT2D eigenvalue weighted by atomic mass is 9.91. The van der Waals surface area contributed by atoms with Gasteiger partial charge < -0.3 is 14.1 Å². The summed E-state index contributed by atoms with van der Waals surface area (Å²) in [6.45, 7) is 13.3. The number of fused-ring (bicyclic) bond motifs is 1. The summed E-state index contributed by atoms with van der Waals surface area (Å²) in [5.41, 5.74) is 0.936. The van der Waals surface area contributed by atoms with Gasteiger partial charge in [0.1, 0.15) is 10.0 Å². The molecule has 1 amide bonds. The Morgan fingerprint density at radius 2 is 1.81 bits per heavy atom. The molecule has 178 valence electrons. The fourth-order valence-electron chi connectivity index (χ4n) is 3.93. The van der Waals surface area contributed by atoms with Crippen LogP contribution in [0.1, 0.15) is 33.3 Å². The van der Waals surface area contributed by atoms with Crippen molar-refractivity contribution in [1.29, 1.82) is 0 Å². The number of hydrogen-bond acceptors (Lipinski definition) is 7. The van der Waals surface area contributed by atoms with Crippen LogP contribution in [-0.2, 0) is 25.4 Å². The molecule has 0 saturated carbocycles. The second-order valence-electron chi connectivity index (χ2n) is 9.87. The lowest BCUT2D eigenvalue weighted by molar-refractivity contribution is -0.169. The van der Waals surface area contributed by atoms with E-state index in [1.165, 1.54) is 0 Å². The maximum atomic E-state index is 13.4. The number of thioether (sulfide) groups is 3. The number of esters is 1. The van der Waals surface area contributed by atoms with Crippen LogP contribution in [0.5, 0.6) is 0 Å². The highest BCUT2D eigenvalue weighted by Crippen LogP contribution is 2.63. The summed E-state index contributed by atoms with van der Waals surface area (Å²) in [5.74, 6) is -0.572. The first kappa shape index (κ1) is 26.0. The SMILES string of the molecule is CSC1(SC)S[C@@H]2[C@@H]([C@@H](C)O[Si](C)(C)C(C)(C)C)C(=O)N2[C@H]1C(=O)OCc1ccccc1. The zero-order valence-electron chi connectivity index (χ0n) is 20.2. The van der Waals surface area contributed by atoms with E-state index in [-0.39, 0.29) is 40.9 Å². The first-order valence-electron chi connectivity index (χ1n) is 10.9. The number of nitrogens with zero attached hydrogens (tertiary/aromatic N) is 1. The molecule has 0 spiro atoms. The highest BCUT2D eigenvalue weighted by atomic mass is 32.3. The summed E-state index contributed by atoms with van der Waals surface area (Å²) in [6, 6.07) is 9.02. The highest BCUT2D eigenvalue weighted by molar-refractivity contribution is 8.34. The molecule has 0 radical (unpaired) electrons. The summed E-state index contributed by atoms with van der Waals surface area (Å²) < 4.78 is 11.8. The van der Waals surface area contributed by atoms with Crippen molar-refractivity contribution in [2.24, 2.45) is 5.92 Å². The Bertz CT molecular complexity index is 841. The van der Waals surface area contributed by atoms with E-state index in [1.807, 2.05) is 49.8 Å². The summed E-state index contributed by atoms with van der Waals surface area (Å²) in [5, 5.41) is -0.000675. The van der Waals surface area contributed by atoms with Crippen LogP contribution in [0, 0.1) is 5.92 Å². The average molecular weight is 514 g/mol. The molecule has 2 fully saturated rings. The maximum Gasteiger partial charge on any atom is 0.332 e. The molecule has 2 aliphatic rings. The van der Waals surface area contributed by atoms with Gasteiger partial charge in [0, 0.05) is 0 Å². The molecule has 2 saturated heterocycles. The van der Waals surface area contributed by atoms with E-state index in [0.29, 0.717) is 0 Å². The van der Waals surface area contributed by atoms with Crippen molar-refractivity contribution in [1.82, 2.24) is 4.90 Å². The first-order chi connectivity index (χ1) is 14.9. The van der Waals surface area contributed by atoms with Gasteiger partial charge in [-0.15, -0.1) is 35.3 Å². The van der Waals surface area contributed by atoms with E-state index in [1.54, 1.807) is 40.2 Å². The normalized spacial score (nSPS) is 25.8. The van der Waals surface area contributed by atoms with Crippen molar-refractivity contribution in [2.75, 3.05) is 12.5 Å². The molecule has 4 atom stereocenters. The largest absolute Gasteiger partial charge is 0.459 e. The van der Waals surface area contributed by atoms with Gasteiger partial charge in [0.15, 0.2) is 14.4 Å². The first-order valence-corrected chi connectivity index (χ1v) is 17.1. The minimum Gasteiger partial charge on any atom is -0.459 e. The summed E-state index contributed by atoms with van der Waals surface area (Å²) in [6.07, 6.45) is 3.82. The fourth-order valence-corrected chi connectivity index (χ4v) is 9.76. The van der Waals surface area contributed by atoms with Gasteiger partial charge in [-0.2, -0.15) is 0 Å². The van der Waals surface area contributed by atoms with Crippen molar-refractivity contribution in [3.05, 3.63) is 35.9 Å². The Balaban J connectivity index is 1.78. The minimum absolute atomic E-state index is 0.000320. The molecule has 2 heterocycles. The van der Waals surface area contributed by atoms with Crippen LogP contribution >= 0.6 is 35.3 Å². The summed E-state index contributed by atoms with van der Waals surface area (Å²) in [7, 11) is -2.01. The van der Waals surface area contributed by atoms with Gasteiger partial charge in [-0.25, -0.2) is 4.79 Å². The highest BCUT2D eigenvalue weighted by Gasteiger charge is 2.68. The van der Waals surface area contributed by atoms with Gasteiger partial charge in [0.25, 0.3) is 0 Å². The third-order valence-corrected chi connectivity index (χ3v) is 16.9. The lowest BCUT2D eigenvalue weighted by Gasteiger charge is -2.48. The van der Waals surface area contributed by atoms with Crippen LogP contribution in [0.3, 0.4) is 0 Å². The molecule has 0 bridgehead atoms. The molecular formula is C23H35NO4S3Si. The van der Waals surface area contributed by atoms with Gasteiger partial charge in [-0.05, 0) is 43.1 Å². The number of benzene rings is 1. The molecule has 1 aromatic carbocycles. The van der Waals surface area contributed by atoms with Crippen LogP contribution in [0.15, 0.2) is 30.3 Å². The molecule has 1 aromatic rings. The molecule has 5 nitrogen and oxygen atoms in total. The number of carbonyl (C=O) groups is 2. The monoisotopic (exact) mass is 513 g/mol. The lowest BCUT2D eigenvalue weighted by Crippen LogP contribution is -2.66. The number of ether oxygens (including phenoxy) is 1. The Hall–Kier alpha value is -0.613. The summed E-state index contributed by atoms with van der Waals surface area (Å²) in [4.78, 5) is 28.3. The van der Waals surface area contributed by atoms with Crippen molar-refractivity contribution in [3.63, 3.8) is 0 Å². The van der Waals surface area contributed by atoms with Crippen LogP contribution in [-0.4, -0.2) is 58.5 Å². The molecule has 0 N–H and O–H groups in total.